The van der Waals surface area contributed by atoms with Gasteiger partial charge in [-0.05, 0) is 58.1 Å². The minimum atomic E-state index is -3.64. The molecule has 148 valence electrons. The predicted octanol–water partition coefficient (Wildman–Crippen LogP) is 3.19. The maximum absolute atomic E-state index is 12.1. The van der Waals surface area contributed by atoms with Crippen molar-refractivity contribution in [2.24, 2.45) is 10.3 Å². The lowest BCUT2D eigenvalue weighted by atomic mass is 9.94. The molecule has 0 radical (unpaired) electrons. The topological polar surface area (TPSA) is 85.3 Å². The van der Waals surface area contributed by atoms with Crippen molar-refractivity contribution in [1.29, 1.82) is 0 Å². The van der Waals surface area contributed by atoms with Gasteiger partial charge in [-0.1, -0.05) is 12.1 Å². The van der Waals surface area contributed by atoms with Crippen molar-refractivity contribution in [2.45, 2.75) is 50.5 Å². The summed E-state index contributed by atoms with van der Waals surface area (Å²) in [5, 5.41) is 0. The number of hydrogen-bond donors (Lipinski definition) is 0. The zero-order valence-corrected chi connectivity index (χ0v) is 16.8. The highest BCUT2D eigenvalue weighted by molar-refractivity contribution is 7.90. The van der Waals surface area contributed by atoms with E-state index in [2.05, 4.69) is 4.40 Å². The average molecular weight is 394 g/mol. The van der Waals surface area contributed by atoms with Crippen molar-refractivity contribution < 1.29 is 22.7 Å². The quantitative estimate of drug-likeness (QED) is 0.786. The summed E-state index contributed by atoms with van der Waals surface area (Å²) in [6.45, 7) is 7.31. The van der Waals surface area contributed by atoms with E-state index in [4.69, 9.17) is 9.47 Å². The van der Waals surface area contributed by atoms with Crippen molar-refractivity contribution in [3.63, 3.8) is 0 Å². The van der Waals surface area contributed by atoms with E-state index < -0.39 is 15.6 Å². The smallest absolute Gasteiger partial charge is 0.410 e. The molecule has 1 aromatic rings. The Kier molecular flexibility index (Phi) is 5.46. The first-order valence-electron chi connectivity index (χ1n) is 9.21. The molecule has 27 heavy (non-hydrogen) atoms. The lowest BCUT2D eigenvalue weighted by molar-refractivity contribution is 0.0176. The van der Waals surface area contributed by atoms with Crippen LogP contribution in [-0.4, -0.2) is 50.6 Å². The molecule has 2 aliphatic rings. The maximum Gasteiger partial charge on any atom is 0.410 e. The average Bonchev–Trinajstić information content (AvgIpc) is 2.85. The number of hydrogen-bond acceptors (Lipinski definition) is 5. The van der Waals surface area contributed by atoms with Gasteiger partial charge in [0.05, 0.1) is 12.2 Å². The fourth-order valence-corrected chi connectivity index (χ4v) is 4.38. The molecular weight excluding hydrogens is 368 g/mol. The normalized spacial score (nSPS) is 19.4. The third-order valence-electron chi connectivity index (χ3n) is 4.63. The first-order chi connectivity index (χ1) is 12.7. The predicted molar refractivity (Wildman–Crippen MR) is 101 cm³/mol. The molecule has 0 N–H and O–H groups in total. The minimum absolute atomic E-state index is 0.178. The van der Waals surface area contributed by atoms with E-state index in [0.717, 1.165) is 19.3 Å². The van der Waals surface area contributed by atoms with E-state index in [0.29, 0.717) is 31.2 Å². The summed E-state index contributed by atoms with van der Waals surface area (Å²) >= 11 is 0. The van der Waals surface area contributed by atoms with E-state index in [1.165, 1.54) is 6.07 Å². The van der Waals surface area contributed by atoms with Crippen LogP contribution in [0.3, 0.4) is 0 Å². The summed E-state index contributed by atoms with van der Waals surface area (Å²) in [4.78, 5) is 14.0. The Bertz CT molecular complexity index is 834. The lowest BCUT2D eigenvalue weighted by Gasteiger charge is -2.33. The van der Waals surface area contributed by atoms with Crippen molar-refractivity contribution in [1.82, 2.24) is 4.90 Å². The Hall–Kier alpha value is -2.09. The van der Waals surface area contributed by atoms with Gasteiger partial charge in [0.1, 0.15) is 10.5 Å². The number of carbonyl (C=O) groups is 1. The maximum atomic E-state index is 12.1. The number of fused-ring (bicyclic) bond motifs is 1. The van der Waals surface area contributed by atoms with E-state index in [-0.39, 0.29) is 16.9 Å². The Labute approximate surface area is 160 Å². The molecule has 0 atom stereocenters. The number of sulfonamides is 1. The first-order valence-corrected chi connectivity index (χ1v) is 10.6. The monoisotopic (exact) mass is 394 g/mol. The van der Waals surface area contributed by atoms with Crippen LogP contribution in [-0.2, 0) is 19.5 Å². The Morgan fingerprint density at radius 1 is 1.22 bits per heavy atom. The minimum Gasteiger partial charge on any atom is -0.477 e. The Morgan fingerprint density at radius 3 is 2.56 bits per heavy atom. The molecule has 0 bridgehead atoms. The van der Waals surface area contributed by atoms with Gasteiger partial charge in [-0.2, -0.15) is 8.42 Å². The number of carbonyl (C=O) groups excluding carboxylic acids is 1. The first kappa shape index (κ1) is 19.7. The fourth-order valence-electron chi connectivity index (χ4n) is 3.23. The van der Waals surface area contributed by atoms with Crippen LogP contribution in [0.1, 0.15) is 45.6 Å². The van der Waals surface area contributed by atoms with Crippen LogP contribution in [0.25, 0.3) is 0 Å². The van der Waals surface area contributed by atoms with Gasteiger partial charge in [0, 0.05) is 13.1 Å². The van der Waals surface area contributed by atoms with Crippen molar-refractivity contribution >= 4 is 22.0 Å². The van der Waals surface area contributed by atoms with Gasteiger partial charge in [0.2, 0.25) is 5.90 Å². The van der Waals surface area contributed by atoms with Crippen molar-refractivity contribution in [2.75, 3.05) is 19.7 Å². The zero-order chi connectivity index (χ0) is 19.7. The lowest BCUT2D eigenvalue weighted by Crippen LogP contribution is -2.41. The van der Waals surface area contributed by atoms with Crippen LogP contribution in [0, 0.1) is 5.92 Å². The van der Waals surface area contributed by atoms with Crippen LogP contribution in [0.15, 0.2) is 33.6 Å². The number of likely N-dealkylation sites (tertiary alicyclic amines) is 1. The van der Waals surface area contributed by atoms with E-state index in [1.807, 2.05) is 20.8 Å². The van der Waals surface area contributed by atoms with Gasteiger partial charge in [-0.3, -0.25) is 0 Å². The Morgan fingerprint density at radius 2 is 1.89 bits per heavy atom. The molecule has 0 spiro atoms. The van der Waals surface area contributed by atoms with Gasteiger partial charge in [-0.15, -0.1) is 4.40 Å². The van der Waals surface area contributed by atoms with Crippen molar-refractivity contribution in [3.05, 3.63) is 29.8 Å². The van der Waals surface area contributed by atoms with Gasteiger partial charge < -0.3 is 14.4 Å². The third-order valence-corrected chi connectivity index (χ3v) is 5.95. The Balaban J connectivity index is 1.46. The highest BCUT2D eigenvalue weighted by Gasteiger charge is 2.30. The van der Waals surface area contributed by atoms with Crippen LogP contribution in [0.2, 0.25) is 0 Å². The molecule has 2 heterocycles. The molecule has 2 aliphatic heterocycles. The number of piperidine rings is 1. The molecule has 1 aromatic carbocycles. The summed E-state index contributed by atoms with van der Waals surface area (Å²) in [6.07, 6.45) is 2.29. The second-order valence-electron chi connectivity index (χ2n) is 7.92. The van der Waals surface area contributed by atoms with E-state index in [1.54, 1.807) is 23.1 Å². The summed E-state index contributed by atoms with van der Waals surface area (Å²) in [6, 6.07) is 6.69. The van der Waals surface area contributed by atoms with Crippen LogP contribution >= 0.6 is 0 Å². The fraction of sp³-hybridized carbons (Fsp3) is 0.579. The molecule has 8 heteroatoms. The molecular formula is C19H26N2O5S. The number of nitrogens with zero attached hydrogens (tertiary/aromatic N) is 2. The highest BCUT2D eigenvalue weighted by atomic mass is 32.2. The second kappa shape index (κ2) is 7.50. The molecule has 0 saturated carbocycles. The molecule has 1 fully saturated rings. The molecule has 7 nitrogen and oxygen atoms in total. The summed E-state index contributed by atoms with van der Waals surface area (Å²) in [7, 11) is -3.64. The van der Waals surface area contributed by atoms with E-state index >= 15 is 0 Å². The number of ether oxygens (including phenoxy) is 2. The summed E-state index contributed by atoms with van der Waals surface area (Å²) in [5.74, 6) is 0.606. The summed E-state index contributed by atoms with van der Waals surface area (Å²) in [5.41, 5.74) is 0.0395. The number of benzene rings is 1. The molecule has 1 saturated heterocycles. The zero-order valence-electron chi connectivity index (χ0n) is 16.0. The largest absolute Gasteiger partial charge is 0.477 e. The van der Waals surface area contributed by atoms with Crippen molar-refractivity contribution in [3.8, 4) is 0 Å². The summed E-state index contributed by atoms with van der Waals surface area (Å²) < 4.78 is 38.8. The van der Waals surface area contributed by atoms with E-state index in [9.17, 15) is 13.2 Å². The SMILES string of the molecule is CC(C)(C)OC(=O)N1CCC(CCOC2=NS(=O)(=O)c3ccccc32)CC1. The molecule has 1 amide bonds. The molecule has 3 rings (SSSR count). The number of rotatable bonds is 3. The molecule has 0 unspecified atom stereocenters. The van der Waals surface area contributed by atoms with Gasteiger partial charge in [0.15, 0.2) is 0 Å². The van der Waals surface area contributed by atoms with Crippen LogP contribution in [0.4, 0.5) is 4.79 Å². The standard InChI is InChI=1S/C19H26N2O5S/c1-19(2,3)26-18(22)21-11-8-14(9-12-21)10-13-25-17-15-6-4-5-7-16(15)27(23,24)20-17/h4-7,14H,8-13H2,1-3H3. The second-order valence-corrected chi connectivity index (χ2v) is 9.49. The molecule has 0 aliphatic carbocycles. The van der Waals surface area contributed by atoms with Gasteiger partial charge in [0.25, 0.3) is 10.0 Å². The van der Waals surface area contributed by atoms with Crippen LogP contribution in [0.5, 0.6) is 0 Å². The highest BCUT2D eigenvalue weighted by Crippen LogP contribution is 2.27. The number of amides is 1. The van der Waals surface area contributed by atoms with Gasteiger partial charge >= 0.3 is 6.09 Å². The van der Waals surface area contributed by atoms with Crippen LogP contribution < -0.4 is 0 Å². The third kappa shape index (κ3) is 4.80. The molecule has 0 aromatic heterocycles. The van der Waals surface area contributed by atoms with Gasteiger partial charge in [-0.25, -0.2) is 4.79 Å².